The van der Waals surface area contributed by atoms with Gasteiger partial charge in [0.1, 0.15) is 0 Å². The molecule has 1 unspecified atom stereocenters. The number of benzene rings is 1. The van der Waals surface area contributed by atoms with E-state index in [1.807, 2.05) is 32.0 Å². The van der Waals surface area contributed by atoms with Crippen LogP contribution in [0.4, 0.5) is 5.95 Å². The lowest BCUT2D eigenvalue weighted by Gasteiger charge is -2.16. The van der Waals surface area contributed by atoms with Gasteiger partial charge in [0, 0.05) is 30.3 Å². The standard InChI is InChI=1S/C20H26N6O/c1-4-15(16-8-6-5-7-9-16)12-22-18(27)11-10-17-13(2)23-20-24-19(21)25-26(20)14(17)3/h5-9,15H,4,10-12H2,1-3H3,(H2,21,25)(H,22,27). The molecule has 2 heterocycles. The number of aryl methyl sites for hydroxylation is 2. The first kappa shape index (κ1) is 18.8. The van der Waals surface area contributed by atoms with E-state index in [0.717, 1.165) is 23.4 Å². The molecule has 3 aromatic rings. The Morgan fingerprint density at radius 3 is 2.67 bits per heavy atom. The number of nitrogens with one attached hydrogen (secondary N) is 1. The van der Waals surface area contributed by atoms with E-state index in [4.69, 9.17) is 5.73 Å². The van der Waals surface area contributed by atoms with Crippen LogP contribution in [0.15, 0.2) is 30.3 Å². The molecule has 0 aliphatic rings. The molecule has 1 atom stereocenters. The first-order chi connectivity index (χ1) is 13.0. The van der Waals surface area contributed by atoms with E-state index in [9.17, 15) is 4.79 Å². The van der Waals surface area contributed by atoms with Gasteiger partial charge in [0.15, 0.2) is 0 Å². The maximum Gasteiger partial charge on any atom is 0.254 e. The van der Waals surface area contributed by atoms with E-state index in [-0.39, 0.29) is 11.9 Å². The number of fused-ring (bicyclic) bond motifs is 1. The Balaban J connectivity index is 1.61. The minimum atomic E-state index is 0.0429. The number of anilines is 1. The number of carbonyl (C=O) groups excluding carboxylic acids is 1. The van der Waals surface area contributed by atoms with Gasteiger partial charge in [-0.3, -0.25) is 4.79 Å². The summed E-state index contributed by atoms with van der Waals surface area (Å²) in [5.74, 6) is 1.06. The van der Waals surface area contributed by atoms with E-state index in [2.05, 4.69) is 39.4 Å². The highest BCUT2D eigenvalue weighted by molar-refractivity contribution is 5.76. The molecular formula is C20H26N6O. The van der Waals surface area contributed by atoms with Crippen LogP contribution >= 0.6 is 0 Å². The van der Waals surface area contributed by atoms with Crippen LogP contribution in [-0.2, 0) is 11.2 Å². The molecule has 0 saturated carbocycles. The van der Waals surface area contributed by atoms with Crippen molar-refractivity contribution < 1.29 is 4.79 Å². The Bertz CT molecular complexity index is 935. The zero-order chi connectivity index (χ0) is 19.4. The normalized spacial score (nSPS) is 12.3. The molecule has 0 aliphatic carbocycles. The Morgan fingerprint density at radius 1 is 1.22 bits per heavy atom. The van der Waals surface area contributed by atoms with Crippen molar-refractivity contribution in [2.24, 2.45) is 0 Å². The van der Waals surface area contributed by atoms with Crippen LogP contribution < -0.4 is 11.1 Å². The number of aromatic nitrogens is 4. The number of nitrogens with zero attached hydrogens (tertiary/aromatic N) is 4. The summed E-state index contributed by atoms with van der Waals surface area (Å²) in [6, 6.07) is 10.3. The van der Waals surface area contributed by atoms with Gasteiger partial charge in [-0.05, 0) is 37.8 Å². The van der Waals surface area contributed by atoms with Crippen molar-refractivity contribution in [2.45, 2.75) is 46.0 Å². The number of amides is 1. The quantitative estimate of drug-likeness (QED) is 0.670. The van der Waals surface area contributed by atoms with Gasteiger partial charge in [-0.1, -0.05) is 37.3 Å². The van der Waals surface area contributed by atoms with Crippen molar-refractivity contribution in [3.05, 3.63) is 52.8 Å². The zero-order valence-electron chi connectivity index (χ0n) is 16.1. The van der Waals surface area contributed by atoms with E-state index in [0.29, 0.717) is 31.1 Å². The second-order valence-corrected chi connectivity index (χ2v) is 6.76. The highest BCUT2D eigenvalue weighted by Gasteiger charge is 2.15. The van der Waals surface area contributed by atoms with Gasteiger partial charge < -0.3 is 11.1 Å². The molecule has 7 nitrogen and oxygen atoms in total. The van der Waals surface area contributed by atoms with E-state index >= 15 is 0 Å². The van der Waals surface area contributed by atoms with Crippen LogP contribution in [0.5, 0.6) is 0 Å². The minimum absolute atomic E-state index is 0.0429. The molecule has 0 fully saturated rings. The Labute approximate surface area is 159 Å². The molecule has 142 valence electrons. The number of rotatable bonds is 7. The molecule has 0 radical (unpaired) electrons. The smallest absolute Gasteiger partial charge is 0.254 e. The maximum atomic E-state index is 12.4. The molecular weight excluding hydrogens is 340 g/mol. The Morgan fingerprint density at radius 2 is 1.96 bits per heavy atom. The summed E-state index contributed by atoms with van der Waals surface area (Å²) in [4.78, 5) is 20.9. The summed E-state index contributed by atoms with van der Waals surface area (Å²) < 4.78 is 1.64. The van der Waals surface area contributed by atoms with Gasteiger partial charge in [-0.2, -0.15) is 9.50 Å². The SMILES string of the molecule is CCC(CNC(=O)CCc1c(C)nc2nc(N)nn2c1C)c1ccccc1. The summed E-state index contributed by atoms with van der Waals surface area (Å²) in [6.07, 6.45) is 2.00. The third-order valence-electron chi connectivity index (χ3n) is 4.98. The van der Waals surface area contributed by atoms with E-state index in [1.54, 1.807) is 4.52 Å². The lowest BCUT2D eigenvalue weighted by Crippen LogP contribution is -2.28. The lowest BCUT2D eigenvalue weighted by molar-refractivity contribution is -0.121. The van der Waals surface area contributed by atoms with Gasteiger partial charge in [0.2, 0.25) is 11.9 Å². The first-order valence-corrected chi connectivity index (χ1v) is 9.29. The molecule has 0 bridgehead atoms. The third kappa shape index (κ3) is 4.24. The van der Waals surface area contributed by atoms with Crippen LogP contribution in [0.1, 0.15) is 48.2 Å². The van der Waals surface area contributed by atoms with Gasteiger partial charge in [-0.15, -0.1) is 5.10 Å². The predicted octanol–water partition coefficient (Wildman–Crippen LogP) is 2.57. The largest absolute Gasteiger partial charge is 0.366 e. The maximum absolute atomic E-state index is 12.4. The van der Waals surface area contributed by atoms with Crippen LogP contribution in [0.3, 0.4) is 0 Å². The molecule has 0 aliphatic heterocycles. The summed E-state index contributed by atoms with van der Waals surface area (Å²) in [5, 5.41) is 7.23. The van der Waals surface area contributed by atoms with Crippen LogP contribution in [0, 0.1) is 13.8 Å². The fourth-order valence-corrected chi connectivity index (χ4v) is 3.37. The van der Waals surface area contributed by atoms with Gasteiger partial charge in [-0.25, -0.2) is 4.98 Å². The molecule has 3 N–H and O–H groups in total. The fraction of sp³-hybridized carbons (Fsp3) is 0.400. The van der Waals surface area contributed by atoms with Crippen molar-refractivity contribution in [2.75, 3.05) is 12.3 Å². The van der Waals surface area contributed by atoms with Crippen LogP contribution in [0.25, 0.3) is 5.78 Å². The highest BCUT2D eigenvalue weighted by atomic mass is 16.1. The number of nitrogens with two attached hydrogens (primary N) is 1. The van der Waals surface area contributed by atoms with Crippen molar-refractivity contribution in [3.8, 4) is 0 Å². The van der Waals surface area contributed by atoms with E-state index < -0.39 is 0 Å². The molecule has 1 amide bonds. The summed E-state index contributed by atoms with van der Waals surface area (Å²) >= 11 is 0. The number of hydrogen-bond acceptors (Lipinski definition) is 5. The van der Waals surface area contributed by atoms with E-state index in [1.165, 1.54) is 5.56 Å². The molecule has 27 heavy (non-hydrogen) atoms. The highest BCUT2D eigenvalue weighted by Crippen LogP contribution is 2.19. The summed E-state index contributed by atoms with van der Waals surface area (Å²) in [7, 11) is 0. The lowest BCUT2D eigenvalue weighted by atomic mass is 9.96. The molecule has 7 heteroatoms. The Kier molecular flexibility index (Phi) is 5.69. The van der Waals surface area contributed by atoms with Crippen molar-refractivity contribution in [1.29, 1.82) is 0 Å². The van der Waals surface area contributed by atoms with Gasteiger partial charge in [0.05, 0.1) is 0 Å². The predicted molar refractivity (Wildman–Crippen MR) is 105 cm³/mol. The van der Waals surface area contributed by atoms with Crippen LogP contribution in [-0.4, -0.2) is 32.0 Å². The van der Waals surface area contributed by atoms with Crippen molar-refractivity contribution in [3.63, 3.8) is 0 Å². The molecule has 1 aromatic carbocycles. The second-order valence-electron chi connectivity index (χ2n) is 6.76. The average molecular weight is 366 g/mol. The Hall–Kier alpha value is -2.96. The first-order valence-electron chi connectivity index (χ1n) is 9.29. The summed E-state index contributed by atoms with van der Waals surface area (Å²) in [6.45, 7) is 6.66. The van der Waals surface area contributed by atoms with Crippen molar-refractivity contribution >= 4 is 17.6 Å². The summed E-state index contributed by atoms with van der Waals surface area (Å²) in [5.41, 5.74) is 9.71. The van der Waals surface area contributed by atoms with Gasteiger partial charge in [0.25, 0.3) is 5.78 Å². The molecule has 2 aromatic heterocycles. The molecule has 3 rings (SSSR count). The third-order valence-corrected chi connectivity index (χ3v) is 4.98. The number of carbonyl (C=O) groups is 1. The van der Waals surface area contributed by atoms with Crippen molar-refractivity contribution in [1.82, 2.24) is 24.9 Å². The second kappa shape index (κ2) is 8.16. The number of hydrogen-bond donors (Lipinski definition) is 2. The zero-order valence-corrected chi connectivity index (χ0v) is 16.1. The topological polar surface area (TPSA) is 98.2 Å². The minimum Gasteiger partial charge on any atom is -0.366 e. The molecule has 0 saturated heterocycles. The fourth-order valence-electron chi connectivity index (χ4n) is 3.37. The average Bonchev–Trinajstić information content (AvgIpc) is 3.03. The monoisotopic (exact) mass is 366 g/mol. The number of nitrogen functional groups attached to an aromatic ring is 1. The van der Waals surface area contributed by atoms with Gasteiger partial charge >= 0.3 is 0 Å². The molecule has 0 spiro atoms. The van der Waals surface area contributed by atoms with Crippen LogP contribution in [0.2, 0.25) is 0 Å².